The van der Waals surface area contributed by atoms with Gasteiger partial charge in [0, 0.05) is 33.1 Å². The minimum absolute atomic E-state index is 0.00973. The van der Waals surface area contributed by atoms with Crippen LogP contribution in [0.3, 0.4) is 0 Å². The van der Waals surface area contributed by atoms with Crippen LogP contribution in [-0.2, 0) is 0 Å². The van der Waals surface area contributed by atoms with Gasteiger partial charge in [0.1, 0.15) is 17.6 Å². The fraction of sp³-hybridized carbons (Fsp3) is 0.471. The number of aryl methyl sites for hydroxylation is 2. The molecule has 1 fully saturated rings. The average Bonchev–Trinajstić information content (AvgIpc) is 3.13. The summed E-state index contributed by atoms with van der Waals surface area (Å²) in [5.74, 6) is 2.65. The van der Waals surface area contributed by atoms with Crippen molar-refractivity contribution in [2.45, 2.75) is 26.4 Å². The van der Waals surface area contributed by atoms with E-state index >= 15 is 0 Å². The number of nitrogens with zero attached hydrogens (tertiary/aromatic N) is 4. The summed E-state index contributed by atoms with van der Waals surface area (Å²) >= 11 is 0. The highest BCUT2D eigenvalue weighted by atomic mass is 16.5. The number of hydrogen-bond acceptors (Lipinski definition) is 6. The van der Waals surface area contributed by atoms with Crippen molar-refractivity contribution in [3.63, 3.8) is 0 Å². The molecular weight excluding hydrogens is 308 g/mol. The van der Waals surface area contributed by atoms with E-state index in [4.69, 9.17) is 9.15 Å². The average molecular weight is 330 g/mol. The molecule has 7 heteroatoms. The molecule has 2 aromatic heterocycles. The monoisotopic (exact) mass is 330 g/mol. The Morgan fingerprint density at radius 3 is 2.71 bits per heavy atom. The van der Waals surface area contributed by atoms with Gasteiger partial charge in [-0.05, 0) is 26.0 Å². The van der Waals surface area contributed by atoms with Crippen molar-refractivity contribution in [1.82, 2.24) is 15.1 Å². The number of aromatic nitrogens is 2. The number of furan rings is 1. The summed E-state index contributed by atoms with van der Waals surface area (Å²) < 4.78 is 11.3. The summed E-state index contributed by atoms with van der Waals surface area (Å²) in [5.41, 5.74) is 0.628. The van der Waals surface area contributed by atoms with Crippen molar-refractivity contribution in [3.8, 4) is 5.88 Å². The minimum Gasteiger partial charge on any atom is -0.471 e. The molecule has 3 rings (SSSR count). The molecule has 1 atom stereocenters. The van der Waals surface area contributed by atoms with Crippen molar-refractivity contribution in [2.75, 3.05) is 32.1 Å². The molecule has 128 valence electrons. The van der Waals surface area contributed by atoms with E-state index < -0.39 is 0 Å². The molecule has 0 saturated carbocycles. The first-order chi connectivity index (χ1) is 11.4. The molecule has 0 spiro atoms. The lowest BCUT2D eigenvalue weighted by Crippen LogP contribution is -2.31. The van der Waals surface area contributed by atoms with Crippen molar-refractivity contribution < 1.29 is 13.9 Å². The van der Waals surface area contributed by atoms with Crippen molar-refractivity contribution in [1.29, 1.82) is 0 Å². The topological polar surface area (TPSA) is 71.7 Å². The van der Waals surface area contributed by atoms with Gasteiger partial charge in [-0.3, -0.25) is 4.79 Å². The molecule has 0 unspecified atom stereocenters. The second kappa shape index (κ2) is 6.51. The summed E-state index contributed by atoms with van der Waals surface area (Å²) in [6.45, 7) is 4.86. The highest BCUT2D eigenvalue weighted by Crippen LogP contribution is 2.21. The molecule has 3 heterocycles. The number of carbonyl (C=O) groups is 1. The van der Waals surface area contributed by atoms with E-state index in [9.17, 15) is 4.79 Å². The summed E-state index contributed by atoms with van der Waals surface area (Å²) in [5, 5.41) is 8.17. The third kappa shape index (κ3) is 3.34. The Morgan fingerprint density at radius 1 is 1.33 bits per heavy atom. The van der Waals surface area contributed by atoms with E-state index in [-0.39, 0.29) is 12.0 Å². The maximum Gasteiger partial charge on any atom is 0.257 e. The van der Waals surface area contributed by atoms with Crippen LogP contribution >= 0.6 is 0 Å². The lowest BCUT2D eigenvalue weighted by atomic mass is 10.2. The number of hydrogen-bond donors (Lipinski definition) is 0. The molecule has 0 aromatic carbocycles. The van der Waals surface area contributed by atoms with Crippen molar-refractivity contribution in [2.24, 2.45) is 0 Å². The van der Waals surface area contributed by atoms with E-state index in [1.54, 1.807) is 17.0 Å². The Hall–Kier alpha value is -2.57. The number of ether oxygens (including phenoxy) is 1. The van der Waals surface area contributed by atoms with Crippen LogP contribution in [0.15, 0.2) is 22.6 Å². The van der Waals surface area contributed by atoms with E-state index in [1.165, 1.54) is 0 Å². The largest absolute Gasteiger partial charge is 0.471 e. The Morgan fingerprint density at radius 2 is 2.12 bits per heavy atom. The molecule has 0 N–H and O–H groups in total. The number of likely N-dealkylation sites (tertiary alicyclic amines) is 1. The molecule has 1 aliphatic rings. The van der Waals surface area contributed by atoms with Crippen LogP contribution in [0, 0.1) is 13.8 Å². The van der Waals surface area contributed by atoms with E-state index in [0.717, 1.165) is 18.0 Å². The van der Waals surface area contributed by atoms with Crippen molar-refractivity contribution >= 4 is 11.7 Å². The molecule has 0 bridgehead atoms. The highest BCUT2D eigenvalue weighted by molar-refractivity contribution is 5.95. The Kier molecular flexibility index (Phi) is 4.42. The van der Waals surface area contributed by atoms with Crippen LogP contribution in [0.1, 0.15) is 28.3 Å². The van der Waals surface area contributed by atoms with Gasteiger partial charge in [-0.1, -0.05) is 0 Å². The first kappa shape index (κ1) is 16.3. The standard InChI is InChI=1S/C17H22N4O3/c1-11-9-14(12(2)23-11)17(22)21-8-7-13(10-21)24-16-6-5-15(18-19-16)20(3)4/h5-6,9,13H,7-8,10H2,1-4H3/t13-/m1/s1. The normalized spacial score (nSPS) is 17.2. The minimum atomic E-state index is -0.0678. The lowest BCUT2D eigenvalue weighted by molar-refractivity contribution is 0.0769. The summed E-state index contributed by atoms with van der Waals surface area (Å²) in [6, 6.07) is 5.45. The maximum atomic E-state index is 12.6. The number of carbonyl (C=O) groups excluding carboxylic acids is 1. The first-order valence-corrected chi connectivity index (χ1v) is 7.98. The number of rotatable bonds is 4. The fourth-order valence-corrected chi connectivity index (χ4v) is 2.81. The molecule has 0 aliphatic carbocycles. The molecule has 0 radical (unpaired) electrons. The van der Waals surface area contributed by atoms with Gasteiger partial charge in [0.2, 0.25) is 5.88 Å². The van der Waals surface area contributed by atoms with Crippen LogP contribution in [0.5, 0.6) is 5.88 Å². The summed E-state index contributed by atoms with van der Waals surface area (Å²) in [7, 11) is 3.81. The quantitative estimate of drug-likeness (QED) is 0.854. The molecule has 1 saturated heterocycles. The van der Waals surface area contributed by atoms with E-state index in [1.807, 2.05) is 38.9 Å². The molecule has 1 aliphatic heterocycles. The maximum absolute atomic E-state index is 12.6. The summed E-state index contributed by atoms with van der Waals surface area (Å²) in [4.78, 5) is 16.2. The van der Waals surface area contributed by atoms with Gasteiger partial charge in [-0.15, -0.1) is 10.2 Å². The molecule has 1 amide bonds. The van der Waals surface area contributed by atoms with Gasteiger partial charge in [-0.25, -0.2) is 0 Å². The van der Waals surface area contributed by atoms with Crippen LogP contribution < -0.4 is 9.64 Å². The molecule has 7 nitrogen and oxygen atoms in total. The van der Waals surface area contributed by atoms with Gasteiger partial charge in [0.15, 0.2) is 5.82 Å². The van der Waals surface area contributed by atoms with Gasteiger partial charge in [0.05, 0.1) is 12.1 Å². The van der Waals surface area contributed by atoms with Gasteiger partial charge < -0.3 is 19.0 Å². The zero-order valence-electron chi connectivity index (χ0n) is 14.4. The zero-order chi connectivity index (χ0) is 17.3. The third-order valence-corrected chi connectivity index (χ3v) is 4.08. The third-order valence-electron chi connectivity index (χ3n) is 4.08. The van der Waals surface area contributed by atoms with E-state index in [2.05, 4.69) is 10.2 Å². The Labute approximate surface area is 141 Å². The predicted octanol–water partition coefficient (Wildman–Crippen LogP) is 2.05. The van der Waals surface area contributed by atoms with Crippen LogP contribution in [0.2, 0.25) is 0 Å². The Bertz CT molecular complexity index is 724. The highest BCUT2D eigenvalue weighted by Gasteiger charge is 2.30. The lowest BCUT2D eigenvalue weighted by Gasteiger charge is -2.17. The van der Waals surface area contributed by atoms with Crippen LogP contribution in [0.25, 0.3) is 0 Å². The number of amides is 1. The van der Waals surface area contributed by atoms with Gasteiger partial charge in [-0.2, -0.15) is 0 Å². The zero-order valence-corrected chi connectivity index (χ0v) is 14.4. The molecular formula is C17H22N4O3. The van der Waals surface area contributed by atoms with Crippen molar-refractivity contribution in [3.05, 3.63) is 35.3 Å². The number of anilines is 1. The molecule has 2 aromatic rings. The fourth-order valence-electron chi connectivity index (χ4n) is 2.81. The van der Waals surface area contributed by atoms with Crippen LogP contribution in [-0.4, -0.2) is 54.3 Å². The second-order valence-corrected chi connectivity index (χ2v) is 6.23. The first-order valence-electron chi connectivity index (χ1n) is 7.98. The summed E-state index contributed by atoms with van der Waals surface area (Å²) in [6.07, 6.45) is 0.709. The Balaban J connectivity index is 1.61. The van der Waals surface area contributed by atoms with E-state index in [0.29, 0.717) is 30.3 Å². The SMILES string of the molecule is Cc1cc(C(=O)N2CC[C@@H](Oc3ccc(N(C)C)nn3)C2)c(C)o1. The van der Waals surface area contributed by atoms with Gasteiger partial charge >= 0.3 is 0 Å². The van der Waals surface area contributed by atoms with Gasteiger partial charge in [0.25, 0.3) is 5.91 Å². The smallest absolute Gasteiger partial charge is 0.257 e. The second-order valence-electron chi connectivity index (χ2n) is 6.23. The van der Waals surface area contributed by atoms with Crippen LogP contribution in [0.4, 0.5) is 5.82 Å². The predicted molar refractivity (Wildman–Crippen MR) is 89.5 cm³/mol. The molecule has 24 heavy (non-hydrogen) atoms.